The van der Waals surface area contributed by atoms with Crippen molar-refractivity contribution in [1.29, 1.82) is 0 Å². The predicted octanol–water partition coefficient (Wildman–Crippen LogP) is 4.57. The van der Waals surface area contributed by atoms with Gasteiger partial charge in [-0.05, 0) is 18.9 Å². The zero-order valence-corrected chi connectivity index (χ0v) is 18.8. The summed E-state index contributed by atoms with van der Waals surface area (Å²) < 4.78 is 53.5. The van der Waals surface area contributed by atoms with Gasteiger partial charge in [0.1, 0.15) is 29.3 Å². The average Bonchev–Trinajstić information content (AvgIpc) is 3.20. The maximum Gasteiger partial charge on any atom is 0.413 e. The molecule has 0 spiro atoms. The minimum Gasteiger partial charge on any atom is -0.492 e. The SMILES string of the molecule is CCCc1ncc(C(=O)O)n1Cc1ccccc1OCC1(C(=O)OC)CC=CC=C1C(F)(F)F. The summed E-state index contributed by atoms with van der Waals surface area (Å²) in [5, 5.41) is 9.53. The molecule has 1 aliphatic carbocycles. The molecular weight excluding hydrogens is 453 g/mol. The molecule has 10 heteroatoms. The van der Waals surface area contributed by atoms with E-state index in [4.69, 9.17) is 9.47 Å². The first-order valence-corrected chi connectivity index (χ1v) is 10.7. The van der Waals surface area contributed by atoms with Crippen molar-refractivity contribution in [2.75, 3.05) is 13.7 Å². The number of carbonyl (C=O) groups excluding carboxylic acids is 1. The van der Waals surface area contributed by atoms with E-state index in [1.807, 2.05) is 6.92 Å². The molecule has 1 atom stereocenters. The van der Waals surface area contributed by atoms with E-state index in [0.717, 1.165) is 19.6 Å². The number of esters is 1. The fraction of sp³-hybridized carbons (Fsp3) is 0.375. The van der Waals surface area contributed by atoms with Crippen LogP contribution in [-0.2, 0) is 22.5 Å². The van der Waals surface area contributed by atoms with E-state index in [2.05, 4.69) is 4.98 Å². The summed E-state index contributed by atoms with van der Waals surface area (Å²) in [5.41, 5.74) is -2.59. The van der Waals surface area contributed by atoms with Crippen LogP contribution >= 0.6 is 0 Å². The van der Waals surface area contributed by atoms with Crippen LogP contribution in [0.1, 0.15) is 41.6 Å². The number of hydrogen-bond donors (Lipinski definition) is 1. The Morgan fingerprint density at radius 3 is 2.65 bits per heavy atom. The van der Waals surface area contributed by atoms with Gasteiger partial charge in [-0.15, -0.1) is 0 Å². The Labute approximate surface area is 194 Å². The van der Waals surface area contributed by atoms with Crippen LogP contribution in [0.25, 0.3) is 0 Å². The van der Waals surface area contributed by atoms with Gasteiger partial charge in [-0.1, -0.05) is 43.4 Å². The molecule has 0 fully saturated rings. The lowest BCUT2D eigenvalue weighted by Gasteiger charge is -2.35. The van der Waals surface area contributed by atoms with Crippen LogP contribution in [-0.4, -0.2) is 46.5 Å². The number of hydrogen-bond acceptors (Lipinski definition) is 5. The molecule has 0 aliphatic heterocycles. The van der Waals surface area contributed by atoms with Crippen molar-refractivity contribution in [1.82, 2.24) is 9.55 Å². The van der Waals surface area contributed by atoms with E-state index >= 15 is 0 Å². The number of halogens is 3. The molecule has 3 rings (SSSR count). The van der Waals surface area contributed by atoms with Crippen molar-refractivity contribution in [3.63, 3.8) is 0 Å². The third-order valence-electron chi connectivity index (χ3n) is 5.67. The number of ether oxygens (including phenoxy) is 2. The summed E-state index contributed by atoms with van der Waals surface area (Å²) in [5.74, 6) is -1.40. The number of carboxylic acid groups (broad SMARTS) is 1. The number of carbonyl (C=O) groups is 2. The van der Waals surface area contributed by atoms with Crippen molar-refractivity contribution in [2.24, 2.45) is 5.41 Å². The van der Waals surface area contributed by atoms with Gasteiger partial charge in [0, 0.05) is 12.0 Å². The predicted molar refractivity (Wildman–Crippen MR) is 117 cm³/mol. The highest BCUT2D eigenvalue weighted by molar-refractivity contribution is 5.85. The number of imidazole rings is 1. The molecule has 0 saturated carbocycles. The number of aromatic nitrogens is 2. The van der Waals surface area contributed by atoms with Crippen molar-refractivity contribution >= 4 is 11.9 Å². The molecule has 1 aliphatic rings. The first kappa shape index (κ1) is 25.1. The fourth-order valence-electron chi connectivity index (χ4n) is 3.98. The summed E-state index contributed by atoms with van der Waals surface area (Å²) in [6.07, 6.45) is 1.14. The molecule has 1 unspecified atom stereocenters. The summed E-state index contributed by atoms with van der Waals surface area (Å²) in [4.78, 5) is 28.4. The summed E-state index contributed by atoms with van der Waals surface area (Å²) in [6.45, 7) is 1.41. The van der Waals surface area contributed by atoms with Gasteiger partial charge in [-0.25, -0.2) is 9.78 Å². The normalized spacial score (nSPS) is 17.9. The van der Waals surface area contributed by atoms with Gasteiger partial charge in [0.05, 0.1) is 25.4 Å². The van der Waals surface area contributed by atoms with Gasteiger partial charge in [0.25, 0.3) is 0 Å². The maximum atomic E-state index is 13.8. The highest BCUT2D eigenvalue weighted by Gasteiger charge is 2.54. The fourth-order valence-corrected chi connectivity index (χ4v) is 3.98. The second kappa shape index (κ2) is 10.1. The molecule has 0 amide bonds. The largest absolute Gasteiger partial charge is 0.492 e. The molecule has 0 bridgehead atoms. The Morgan fingerprint density at radius 2 is 2.00 bits per heavy atom. The topological polar surface area (TPSA) is 90.6 Å². The molecule has 0 radical (unpaired) electrons. The van der Waals surface area contributed by atoms with Crippen LogP contribution in [0.15, 0.2) is 54.3 Å². The molecule has 1 N–H and O–H groups in total. The summed E-state index contributed by atoms with van der Waals surface area (Å²) >= 11 is 0. The van der Waals surface area contributed by atoms with Crippen molar-refractivity contribution in [3.05, 3.63) is 71.3 Å². The van der Waals surface area contributed by atoms with E-state index in [1.165, 1.54) is 22.9 Å². The Bertz CT molecular complexity index is 1120. The lowest BCUT2D eigenvalue weighted by molar-refractivity contribution is -0.161. The van der Waals surface area contributed by atoms with Gasteiger partial charge < -0.3 is 19.1 Å². The van der Waals surface area contributed by atoms with Crippen LogP contribution in [0.2, 0.25) is 0 Å². The molecule has 182 valence electrons. The monoisotopic (exact) mass is 478 g/mol. The Morgan fingerprint density at radius 1 is 1.26 bits per heavy atom. The van der Waals surface area contributed by atoms with Crippen molar-refractivity contribution < 1.29 is 37.3 Å². The molecule has 7 nitrogen and oxygen atoms in total. The first-order chi connectivity index (χ1) is 16.1. The Balaban J connectivity index is 1.95. The maximum absolute atomic E-state index is 13.8. The van der Waals surface area contributed by atoms with Crippen molar-refractivity contribution in [3.8, 4) is 5.75 Å². The lowest BCUT2D eigenvalue weighted by Crippen LogP contribution is -2.45. The minimum absolute atomic E-state index is 0.0102. The molecule has 0 saturated heterocycles. The number of allylic oxidation sites excluding steroid dienone is 3. The number of nitrogens with zero attached hydrogens (tertiary/aromatic N) is 2. The number of aryl methyl sites for hydroxylation is 1. The third-order valence-corrected chi connectivity index (χ3v) is 5.67. The van der Waals surface area contributed by atoms with Gasteiger partial charge >= 0.3 is 18.1 Å². The smallest absolute Gasteiger partial charge is 0.413 e. The van der Waals surface area contributed by atoms with Crippen LogP contribution in [0.3, 0.4) is 0 Å². The van der Waals surface area contributed by atoms with Crippen LogP contribution < -0.4 is 4.74 Å². The van der Waals surface area contributed by atoms with Crippen LogP contribution in [0, 0.1) is 5.41 Å². The molecule has 1 aromatic heterocycles. The molecule has 34 heavy (non-hydrogen) atoms. The standard InChI is InChI=1S/C24H25F3N2O5/c1-3-8-20-28-13-17(21(30)31)29(20)14-16-9-4-5-10-18(16)34-15-23(22(32)33-2)12-7-6-11-19(23)24(25,26)27/h4-7,9-11,13H,3,8,12,14-15H2,1-2H3,(H,30,31). The summed E-state index contributed by atoms with van der Waals surface area (Å²) in [6, 6.07) is 6.60. The average molecular weight is 478 g/mol. The van der Waals surface area contributed by atoms with Gasteiger partial charge in [-0.2, -0.15) is 13.2 Å². The molecule has 1 heterocycles. The van der Waals surface area contributed by atoms with E-state index in [0.29, 0.717) is 17.8 Å². The Kier molecular flexibility index (Phi) is 7.48. The minimum atomic E-state index is -4.76. The highest BCUT2D eigenvalue weighted by atomic mass is 19.4. The van der Waals surface area contributed by atoms with E-state index < -0.39 is 35.7 Å². The Hall–Kier alpha value is -3.56. The number of benzene rings is 1. The van der Waals surface area contributed by atoms with E-state index in [9.17, 15) is 27.9 Å². The van der Waals surface area contributed by atoms with Crippen LogP contribution in [0.4, 0.5) is 13.2 Å². The molecule has 2 aromatic rings. The van der Waals surface area contributed by atoms with Crippen LogP contribution in [0.5, 0.6) is 5.75 Å². The lowest BCUT2D eigenvalue weighted by atomic mass is 9.74. The summed E-state index contributed by atoms with van der Waals surface area (Å²) in [7, 11) is 1.03. The van der Waals surface area contributed by atoms with Crippen molar-refractivity contribution in [2.45, 2.75) is 38.9 Å². The number of alkyl halides is 3. The van der Waals surface area contributed by atoms with E-state index in [-0.39, 0.29) is 24.4 Å². The number of methoxy groups -OCH3 is 1. The highest BCUT2D eigenvalue weighted by Crippen LogP contribution is 2.45. The molecule has 1 aromatic carbocycles. The second-order valence-corrected chi connectivity index (χ2v) is 7.88. The van der Waals surface area contributed by atoms with Gasteiger partial charge in [0.2, 0.25) is 0 Å². The van der Waals surface area contributed by atoms with Gasteiger partial charge in [0.15, 0.2) is 0 Å². The molecular formula is C24H25F3N2O5. The zero-order chi connectivity index (χ0) is 24.9. The third kappa shape index (κ3) is 5.00. The number of aromatic carboxylic acids is 1. The number of para-hydroxylation sites is 1. The number of carboxylic acids is 1. The van der Waals surface area contributed by atoms with E-state index in [1.54, 1.807) is 24.3 Å². The zero-order valence-electron chi connectivity index (χ0n) is 18.8. The quantitative estimate of drug-likeness (QED) is 0.531. The second-order valence-electron chi connectivity index (χ2n) is 7.88. The number of rotatable bonds is 9. The first-order valence-electron chi connectivity index (χ1n) is 10.7. The van der Waals surface area contributed by atoms with Gasteiger partial charge in [-0.3, -0.25) is 4.79 Å².